The number of anilines is 1. The average Bonchev–Trinajstić information content (AvgIpc) is 2.67. The van der Waals surface area contributed by atoms with Crippen LogP contribution in [0.3, 0.4) is 0 Å². The minimum Gasteiger partial charge on any atom is -0.324 e. The molecule has 1 N–H and O–H groups in total. The average molecular weight is 326 g/mol. The zero-order chi connectivity index (χ0) is 13.6. The van der Waals surface area contributed by atoms with Gasteiger partial charge in [-0.25, -0.2) is 4.39 Å². The van der Waals surface area contributed by atoms with Crippen molar-refractivity contribution in [3.05, 3.63) is 28.0 Å². The van der Waals surface area contributed by atoms with Crippen LogP contribution in [0.4, 0.5) is 10.1 Å². The van der Waals surface area contributed by atoms with Crippen molar-refractivity contribution in [2.24, 2.45) is 11.8 Å². The zero-order valence-electron chi connectivity index (χ0n) is 10.9. The summed E-state index contributed by atoms with van der Waals surface area (Å²) in [4.78, 5) is 12.2. The maximum Gasteiger partial charge on any atom is 0.232 e. The van der Waals surface area contributed by atoms with Gasteiger partial charge < -0.3 is 5.32 Å². The van der Waals surface area contributed by atoms with Crippen LogP contribution in [0.1, 0.15) is 44.1 Å². The van der Waals surface area contributed by atoms with Crippen LogP contribution in [0.5, 0.6) is 0 Å². The molecule has 102 valence electrons. The standard InChI is InChI=1S/C15H17BrFNO/c1-8-2-4-9(5-3-8)13-11-6-10(17)7-12(16)14(11)18-15(13)19/h6-9,13H,2-5H2,1H3,(H,18,19). The molecule has 3 rings (SSSR count). The molecule has 2 nitrogen and oxygen atoms in total. The van der Waals surface area contributed by atoms with Gasteiger partial charge in [-0.15, -0.1) is 0 Å². The first-order valence-electron chi connectivity index (χ1n) is 6.86. The van der Waals surface area contributed by atoms with Crippen molar-refractivity contribution in [3.8, 4) is 0 Å². The summed E-state index contributed by atoms with van der Waals surface area (Å²) in [5, 5.41) is 2.90. The summed E-state index contributed by atoms with van der Waals surface area (Å²) in [5.74, 6) is 0.678. The van der Waals surface area contributed by atoms with Crippen LogP contribution in [-0.4, -0.2) is 5.91 Å². The molecule has 1 unspecified atom stereocenters. The molecule has 1 saturated carbocycles. The number of halogens is 2. The van der Waals surface area contributed by atoms with E-state index in [1.165, 1.54) is 25.0 Å². The van der Waals surface area contributed by atoms with Gasteiger partial charge in [0.15, 0.2) is 0 Å². The molecule has 19 heavy (non-hydrogen) atoms. The molecule has 1 atom stereocenters. The van der Waals surface area contributed by atoms with Gasteiger partial charge in [0.2, 0.25) is 5.91 Å². The van der Waals surface area contributed by atoms with Crippen molar-refractivity contribution in [2.45, 2.75) is 38.5 Å². The second-order valence-electron chi connectivity index (χ2n) is 5.84. The molecule has 0 bridgehead atoms. The normalized spacial score (nSPS) is 30.1. The first kappa shape index (κ1) is 13.1. The van der Waals surface area contributed by atoms with E-state index in [4.69, 9.17) is 0 Å². The van der Waals surface area contributed by atoms with E-state index in [1.54, 1.807) is 0 Å². The summed E-state index contributed by atoms with van der Waals surface area (Å²) in [5.41, 5.74) is 1.59. The Hall–Kier alpha value is -0.900. The van der Waals surface area contributed by atoms with Crippen LogP contribution in [0, 0.1) is 17.7 Å². The van der Waals surface area contributed by atoms with Gasteiger partial charge in [-0.2, -0.15) is 0 Å². The van der Waals surface area contributed by atoms with E-state index in [-0.39, 0.29) is 17.6 Å². The van der Waals surface area contributed by atoms with E-state index in [0.29, 0.717) is 10.4 Å². The predicted octanol–water partition coefficient (Wildman–Crippen LogP) is 4.45. The number of carbonyl (C=O) groups excluding carboxylic acids is 1. The molecule has 1 aromatic carbocycles. The van der Waals surface area contributed by atoms with E-state index >= 15 is 0 Å². The Balaban J connectivity index is 1.94. The van der Waals surface area contributed by atoms with Gasteiger partial charge >= 0.3 is 0 Å². The fraction of sp³-hybridized carbons (Fsp3) is 0.533. The molecular weight excluding hydrogens is 309 g/mol. The fourth-order valence-electron chi connectivity index (χ4n) is 3.40. The smallest absolute Gasteiger partial charge is 0.232 e. The predicted molar refractivity (Wildman–Crippen MR) is 76.6 cm³/mol. The summed E-state index contributed by atoms with van der Waals surface area (Å²) in [6, 6.07) is 2.92. The van der Waals surface area contributed by atoms with Gasteiger partial charge in [-0.1, -0.05) is 19.8 Å². The van der Waals surface area contributed by atoms with E-state index in [0.717, 1.165) is 30.0 Å². The summed E-state index contributed by atoms with van der Waals surface area (Å²) in [6.07, 6.45) is 4.46. The topological polar surface area (TPSA) is 29.1 Å². The lowest BCUT2D eigenvalue weighted by molar-refractivity contribution is -0.118. The zero-order valence-corrected chi connectivity index (χ0v) is 12.5. The van der Waals surface area contributed by atoms with E-state index in [2.05, 4.69) is 28.2 Å². The lowest BCUT2D eigenvalue weighted by Gasteiger charge is -2.29. The minimum atomic E-state index is -0.281. The fourth-order valence-corrected chi connectivity index (χ4v) is 3.95. The van der Waals surface area contributed by atoms with Crippen molar-refractivity contribution >= 4 is 27.5 Å². The maximum atomic E-state index is 13.6. The molecular formula is C15H17BrFNO. The van der Waals surface area contributed by atoms with Gasteiger partial charge in [-0.3, -0.25) is 4.79 Å². The van der Waals surface area contributed by atoms with Gasteiger partial charge in [-0.05, 0) is 58.3 Å². The number of benzene rings is 1. The summed E-state index contributed by atoms with van der Waals surface area (Å²) in [7, 11) is 0. The number of carbonyl (C=O) groups is 1. The Morgan fingerprint density at radius 2 is 1.95 bits per heavy atom. The van der Waals surface area contributed by atoms with Gasteiger partial charge in [0, 0.05) is 4.47 Å². The lowest BCUT2D eigenvalue weighted by atomic mass is 9.74. The summed E-state index contributed by atoms with van der Waals surface area (Å²) in [6.45, 7) is 2.26. The number of amides is 1. The van der Waals surface area contributed by atoms with E-state index < -0.39 is 0 Å². The molecule has 2 aliphatic rings. The van der Waals surface area contributed by atoms with Crippen LogP contribution >= 0.6 is 15.9 Å². The Kier molecular flexibility index (Phi) is 3.37. The van der Waals surface area contributed by atoms with Crippen molar-refractivity contribution < 1.29 is 9.18 Å². The minimum absolute atomic E-state index is 0.0286. The second kappa shape index (κ2) is 4.89. The number of nitrogens with one attached hydrogen (secondary N) is 1. The maximum absolute atomic E-state index is 13.6. The van der Waals surface area contributed by atoms with Gasteiger partial charge in [0.05, 0.1) is 11.6 Å². The Labute approximate surface area is 120 Å². The lowest BCUT2D eigenvalue weighted by Crippen LogP contribution is -2.24. The Bertz CT molecular complexity index is 523. The van der Waals surface area contributed by atoms with E-state index in [1.807, 2.05) is 0 Å². The highest BCUT2D eigenvalue weighted by atomic mass is 79.9. The van der Waals surface area contributed by atoms with Crippen LogP contribution < -0.4 is 5.32 Å². The monoisotopic (exact) mass is 325 g/mol. The number of rotatable bonds is 1. The molecule has 0 aromatic heterocycles. The number of fused-ring (bicyclic) bond motifs is 1. The second-order valence-corrected chi connectivity index (χ2v) is 6.69. The Morgan fingerprint density at radius 3 is 2.63 bits per heavy atom. The molecule has 0 saturated heterocycles. The molecule has 0 radical (unpaired) electrons. The molecule has 1 aliphatic carbocycles. The molecule has 0 spiro atoms. The molecule has 1 amide bonds. The van der Waals surface area contributed by atoms with Crippen LogP contribution in [0.25, 0.3) is 0 Å². The quantitative estimate of drug-likeness (QED) is 0.812. The van der Waals surface area contributed by atoms with Crippen molar-refractivity contribution in [1.29, 1.82) is 0 Å². The highest BCUT2D eigenvalue weighted by Crippen LogP contribution is 2.46. The van der Waals surface area contributed by atoms with Crippen LogP contribution in [-0.2, 0) is 4.79 Å². The van der Waals surface area contributed by atoms with Crippen molar-refractivity contribution in [2.75, 3.05) is 5.32 Å². The third kappa shape index (κ3) is 2.31. The molecule has 1 aliphatic heterocycles. The third-order valence-corrected chi connectivity index (χ3v) is 5.11. The van der Waals surface area contributed by atoms with Crippen molar-refractivity contribution in [3.63, 3.8) is 0 Å². The third-order valence-electron chi connectivity index (χ3n) is 4.48. The summed E-state index contributed by atoms with van der Waals surface area (Å²) < 4.78 is 14.2. The number of hydrogen-bond acceptors (Lipinski definition) is 1. The Morgan fingerprint density at radius 1 is 1.26 bits per heavy atom. The van der Waals surface area contributed by atoms with Crippen molar-refractivity contribution in [1.82, 2.24) is 0 Å². The van der Waals surface area contributed by atoms with E-state index in [9.17, 15) is 9.18 Å². The van der Waals surface area contributed by atoms with Crippen LogP contribution in [0.15, 0.2) is 16.6 Å². The largest absolute Gasteiger partial charge is 0.324 e. The van der Waals surface area contributed by atoms with Crippen LogP contribution in [0.2, 0.25) is 0 Å². The first-order chi connectivity index (χ1) is 9.06. The highest BCUT2D eigenvalue weighted by Gasteiger charge is 2.39. The first-order valence-corrected chi connectivity index (χ1v) is 7.65. The molecule has 1 aromatic rings. The summed E-state index contributed by atoms with van der Waals surface area (Å²) >= 11 is 3.33. The van der Waals surface area contributed by atoms with Gasteiger partial charge in [0.1, 0.15) is 5.82 Å². The molecule has 1 fully saturated rings. The highest BCUT2D eigenvalue weighted by molar-refractivity contribution is 9.10. The number of hydrogen-bond donors (Lipinski definition) is 1. The SMILES string of the molecule is CC1CCC(C2C(=O)Nc3c(Br)cc(F)cc32)CC1. The molecule has 4 heteroatoms. The molecule has 1 heterocycles. The van der Waals surface area contributed by atoms with Gasteiger partial charge in [0.25, 0.3) is 0 Å².